The molecule has 0 spiro atoms. The maximum absolute atomic E-state index is 6.23. The molecular formula is C14H15ClN4S. The van der Waals surface area contributed by atoms with Gasteiger partial charge in [0.25, 0.3) is 0 Å². The van der Waals surface area contributed by atoms with Gasteiger partial charge < -0.3 is 4.98 Å². The zero-order valence-electron chi connectivity index (χ0n) is 11.6. The van der Waals surface area contributed by atoms with Crippen molar-refractivity contribution in [3.63, 3.8) is 0 Å². The standard InChI is InChI=1S/C14H15ClN4S/c1-4-10-12-13(18(3)17-10)19(14(20)16-12)11-7-5-6-9(15)8(11)2/h5-7H,4H2,1-3H3,(H,16,20). The van der Waals surface area contributed by atoms with Gasteiger partial charge in [0.1, 0.15) is 5.52 Å². The van der Waals surface area contributed by atoms with Crippen LogP contribution in [0, 0.1) is 11.7 Å². The molecule has 1 aromatic carbocycles. The number of hydrogen-bond donors (Lipinski definition) is 1. The van der Waals surface area contributed by atoms with Gasteiger partial charge in [-0.1, -0.05) is 24.6 Å². The van der Waals surface area contributed by atoms with E-state index in [9.17, 15) is 0 Å². The predicted octanol–water partition coefficient (Wildman–Crippen LogP) is 3.95. The van der Waals surface area contributed by atoms with Gasteiger partial charge in [0.15, 0.2) is 10.4 Å². The molecule has 0 bridgehead atoms. The summed E-state index contributed by atoms with van der Waals surface area (Å²) in [5.74, 6) is 0. The molecule has 3 rings (SSSR count). The van der Waals surface area contributed by atoms with Crippen LogP contribution in [0.1, 0.15) is 18.2 Å². The third-order valence-corrected chi connectivity index (χ3v) is 4.25. The SMILES string of the molecule is CCc1nn(C)c2c1[nH]c(=S)n2-c1cccc(Cl)c1C. The molecule has 2 heterocycles. The molecule has 0 aliphatic heterocycles. The number of aromatic nitrogens is 4. The van der Waals surface area contributed by atoms with Gasteiger partial charge in [0.2, 0.25) is 0 Å². The molecule has 1 N–H and O–H groups in total. The molecule has 0 saturated heterocycles. The van der Waals surface area contributed by atoms with Gasteiger partial charge in [-0.05, 0) is 43.3 Å². The van der Waals surface area contributed by atoms with E-state index in [0.717, 1.165) is 39.6 Å². The van der Waals surface area contributed by atoms with E-state index in [2.05, 4.69) is 17.0 Å². The second-order valence-corrected chi connectivity index (χ2v) is 5.57. The van der Waals surface area contributed by atoms with Crippen molar-refractivity contribution in [3.8, 4) is 5.69 Å². The number of nitrogens with zero attached hydrogens (tertiary/aromatic N) is 3. The highest BCUT2D eigenvalue weighted by Crippen LogP contribution is 2.27. The molecule has 0 atom stereocenters. The molecule has 2 aromatic heterocycles. The molecule has 6 heteroatoms. The average Bonchev–Trinajstić information content (AvgIpc) is 2.90. The van der Waals surface area contributed by atoms with Crippen molar-refractivity contribution in [2.75, 3.05) is 0 Å². The van der Waals surface area contributed by atoms with Gasteiger partial charge in [-0.3, -0.25) is 4.57 Å². The van der Waals surface area contributed by atoms with Crippen LogP contribution in [0.25, 0.3) is 16.9 Å². The molecule has 3 aromatic rings. The minimum Gasteiger partial charge on any atom is -0.327 e. The minimum atomic E-state index is 0.660. The van der Waals surface area contributed by atoms with E-state index < -0.39 is 0 Å². The van der Waals surface area contributed by atoms with Crippen LogP contribution in [0.15, 0.2) is 18.2 Å². The van der Waals surface area contributed by atoms with E-state index in [-0.39, 0.29) is 0 Å². The summed E-state index contributed by atoms with van der Waals surface area (Å²) in [5, 5.41) is 5.27. The largest absolute Gasteiger partial charge is 0.327 e. The normalized spacial score (nSPS) is 11.4. The molecule has 0 aliphatic carbocycles. The van der Waals surface area contributed by atoms with Crippen molar-refractivity contribution in [1.29, 1.82) is 0 Å². The van der Waals surface area contributed by atoms with E-state index >= 15 is 0 Å². The Morgan fingerprint density at radius 1 is 1.40 bits per heavy atom. The Labute approximate surface area is 127 Å². The second kappa shape index (κ2) is 4.75. The Kier molecular flexibility index (Phi) is 3.18. The van der Waals surface area contributed by atoms with Crippen LogP contribution in [0.3, 0.4) is 0 Å². The fourth-order valence-electron chi connectivity index (χ4n) is 2.52. The lowest BCUT2D eigenvalue weighted by Gasteiger charge is -2.09. The number of rotatable bonds is 2. The highest BCUT2D eigenvalue weighted by atomic mass is 35.5. The summed E-state index contributed by atoms with van der Waals surface area (Å²) in [6, 6.07) is 5.83. The number of benzene rings is 1. The summed E-state index contributed by atoms with van der Waals surface area (Å²) in [5.41, 5.74) is 4.98. The second-order valence-electron chi connectivity index (χ2n) is 4.77. The summed E-state index contributed by atoms with van der Waals surface area (Å²) in [7, 11) is 1.93. The number of aryl methyl sites for hydroxylation is 2. The number of nitrogens with one attached hydrogen (secondary N) is 1. The first kappa shape index (κ1) is 13.4. The molecule has 0 fully saturated rings. The van der Waals surface area contributed by atoms with Crippen LogP contribution in [-0.2, 0) is 13.5 Å². The third kappa shape index (κ3) is 1.81. The molecular weight excluding hydrogens is 292 g/mol. The van der Waals surface area contributed by atoms with Gasteiger partial charge in [-0.15, -0.1) is 0 Å². The van der Waals surface area contributed by atoms with Gasteiger partial charge in [0.05, 0.1) is 11.4 Å². The van der Waals surface area contributed by atoms with Crippen LogP contribution in [0.5, 0.6) is 0 Å². The van der Waals surface area contributed by atoms with Crippen molar-refractivity contribution in [1.82, 2.24) is 19.3 Å². The van der Waals surface area contributed by atoms with E-state index in [1.54, 1.807) is 0 Å². The number of fused-ring (bicyclic) bond motifs is 1. The minimum absolute atomic E-state index is 0.660. The van der Waals surface area contributed by atoms with Crippen molar-refractivity contribution in [2.45, 2.75) is 20.3 Å². The summed E-state index contributed by atoms with van der Waals surface area (Å²) in [4.78, 5) is 3.26. The summed E-state index contributed by atoms with van der Waals surface area (Å²) < 4.78 is 4.52. The Morgan fingerprint density at radius 3 is 2.85 bits per heavy atom. The molecule has 20 heavy (non-hydrogen) atoms. The van der Waals surface area contributed by atoms with Crippen LogP contribution in [0.4, 0.5) is 0 Å². The quantitative estimate of drug-likeness (QED) is 0.728. The maximum atomic E-state index is 6.23. The molecule has 0 amide bonds. The third-order valence-electron chi connectivity index (χ3n) is 3.55. The van der Waals surface area contributed by atoms with Crippen molar-refractivity contribution in [3.05, 3.63) is 39.3 Å². The first-order valence-electron chi connectivity index (χ1n) is 6.46. The van der Waals surface area contributed by atoms with Crippen LogP contribution >= 0.6 is 23.8 Å². The van der Waals surface area contributed by atoms with E-state index in [4.69, 9.17) is 23.8 Å². The fraction of sp³-hybridized carbons (Fsp3) is 0.286. The number of hydrogen-bond acceptors (Lipinski definition) is 2. The van der Waals surface area contributed by atoms with Gasteiger partial charge in [-0.2, -0.15) is 5.10 Å². The number of halogens is 1. The molecule has 0 saturated carbocycles. The Hall–Kier alpha value is -1.59. The van der Waals surface area contributed by atoms with Crippen LogP contribution in [0.2, 0.25) is 5.02 Å². The highest BCUT2D eigenvalue weighted by Gasteiger charge is 2.16. The molecule has 4 nitrogen and oxygen atoms in total. The molecule has 0 aliphatic rings. The monoisotopic (exact) mass is 306 g/mol. The Morgan fingerprint density at radius 2 is 2.15 bits per heavy atom. The molecule has 0 unspecified atom stereocenters. The van der Waals surface area contributed by atoms with Gasteiger partial charge in [0, 0.05) is 12.1 Å². The summed E-state index contributed by atoms with van der Waals surface area (Å²) >= 11 is 11.7. The predicted molar refractivity (Wildman–Crippen MR) is 84.4 cm³/mol. The molecule has 104 valence electrons. The number of H-pyrrole nitrogens is 1. The van der Waals surface area contributed by atoms with Crippen molar-refractivity contribution >= 4 is 35.0 Å². The first-order valence-corrected chi connectivity index (χ1v) is 7.25. The highest BCUT2D eigenvalue weighted by molar-refractivity contribution is 7.71. The number of aromatic amines is 1. The average molecular weight is 307 g/mol. The molecule has 0 radical (unpaired) electrons. The van der Waals surface area contributed by atoms with Gasteiger partial charge >= 0.3 is 0 Å². The van der Waals surface area contributed by atoms with Crippen molar-refractivity contribution in [2.24, 2.45) is 7.05 Å². The fourth-order valence-corrected chi connectivity index (χ4v) is 2.98. The smallest absolute Gasteiger partial charge is 0.184 e. The summed E-state index contributed by atoms with van der Waals surface area (Å²) in [6.07, 6.45) is 0.862. The van der Waals surface area contributed by atoms with Crippen molar-refractivity contribution < 1.29 is 0 Å². The first-order chi connectivity index (χ1) is 9.54. The van der Waals surface area contributed by atoms with Crippen LogP contribution in [-0.4, -0.2) is 19.3 Å². The summed E-state index contributed by atoms with van der Waals surface area (Å²) in [6.45, 7) is 4.08. The lowest BCUT2D eigenvalue weighted by molar-refractivity contribution is 0.748. The Balaban J connectivity index is 2.42. The Bertz CT molecular complexity index is 856. The zero-order chi connectivity index (χ0) is 14.4. The topological polar surface area (TPSA) is 38.5 Å². The van der Waals surface area contributed by atoms with E-state index in [1.807, 2.05) is 41.4 Å². The van der Waals surface area contributed by atoms with E-state index in [1.165, 1.54) is 0 Å². The number of imidazole rings is 1. The maximum Gasteiger partial charge on any atom is 0.184 e. The lowest BCUT2D eigenvalue weighted by atomic mass is 10.2. The lowest BCUT2D eigenvalue weighted by Crippen LogP contribution is -2.02. The van der Waals surface area contributed by atoms with Crippen LogP contribution < -0.4 is 0 Å². The zero-order valence-corrected chi connectivity index (χ0v) is 13.1. The van der Waals surface area contributed by atoms with E-state index in [0.29, 0.717) is 4.77 Å². The van der Waals surface area contributed by atoms with Gasteiger partial charge in [-0.25, -0.2) is 4.68 Å².